The van der Waals surface area contributed by atoms with Crippen molar-refractivity contribution in [1.29, 1.82) is 0 Å². The fourth-order valence-corrected chi connectivity index (χ4v) is 2.34. The standard InChI is InChI=1S/C17H23N7O6/c18-23-20-6-8-29-10-12-30-11-9-28-7-5-19-15(25)13-1-3-14(4-2-13)24-16(26)21-22-17(24)27/h1-4H,5-12H2,(H,19,25)(H,21,26)(H,22,27). The van der Waals surface area contributed by atoms with Crippen molar-refractivity contribution in [2.24, 2.45) is 5.11 Å². The Hall–Kier alpha value is -3.38. The molecule has 0 aliphatic heterocycles. The maximum atomic E-state index is 12.1. The van der Waals surface area contributed by atoms with Gasteiger partial charge in [-0.2, -0.15) is 0 Å². The van der Waals surface area contributed by atoms with Crippen LogP contribution in [0, 0.1) is 0 Å². The van der Waals surface area contributed by atoms with E-state index in [9.17, 15) is 14.4 Å². The topological polar surface area (TPSA) is 176 Å². The van der Waals surface area contributed by atoms with Crippen LogP contribution >= 0.6 is 0 Å². The van der Waals surface area contributed by atoms with E-state index in [2.05, 4.69) is 25.5 Å². The number of benzene rings is 1. The molecule has 1 amide bonds. The third-order valence-electron chi connectivity index (χ3n) is 3.75. The minimum atomic E-state index is -0.587. The molecular weight excluding hydrogens is 398 g/mol. The zero-order valence-corrected chi connectivity index (χ0v) is 16.2. The van der Waals surface area contributed by atoms with Crippen LogP contribution < -0.4 is 16.7 Å². The Kier molecular flexibility index (Phi) is 9.89. The molecule has 1 aromatic heterocycles. The molecule has 2 rings (SSSR count). The number of ether oxygens (including phenoxy) is 3. The molecule has 0 bridgehead atoms. The third kappa shape index (κ3) is 7.56. The van der Waals surface area contributed by atoms with Gasteiger partial charge in [-0.1, -0.05) is 5.11 Å². The van der Waals surface area contributed by atoms with Gasteiger partial charge in [0.05, 0.1) is 45.3 Å². The van der Waals surface area contributed by atoms with E-state index in [1.165, 1.54) is 24.3 Å². The van der Waals surface area contributed by atoms with Crippen molar-refractivity contribution in [3.8, 4) is 5.69 Å². The number of hydrogen-bond acceptors (Lipinski definition) is 7. The minimum Gasteiger partial charge on any atom is -0.379 e. The van der Waals surface area contributed by atoms with Gasteiger partial charge in [0.1, 0.15) is 0 Å². The normalized spacial score (nSPS) is 10.5. The molecule has 1 heterocycles. The first-order valence-corrected chi connectivity index (χ1v) is 9.16. The Morgan fingerprint density at radius 2 is 1.53 bits per heavy atom. The number of carbonyl (C=O) groups is 1. The lowest BCUT2D eigenvalue weighted by Crippen LogP contribution is -2.28. The molecule has 2 aromatic rings. The van der Waals surface area contributed by atoms with Gasteiger partial charge < -0.3 is 19.5 Å². The van der Waals surface area contributed by atoms with Gasteiger partial charge in [0.2, 0.25) is 0 Å². The number of carbonyl (C=O) groups excluding carboxylic acids is 1. The molecule has 1 aromatic carbocycles. The average Bonchev–Trinajstić information content (AvgIpc) is 3.09. The van der Waals surface area contributed by atoms with E-state index in [-0.39, 0.29) is 5.91 Å². The summed E-state index contributed by atoms with van der Waals surface area (Å²) in [6.07, 6.45) is 0. The summed E-state index contributed by atoms with van der Waals surface area (Å²) in [6, 6.07) is 6.06. The highest BCUT2D eigenvalue weighted by Gasteiger charge is 2.08. The molecule has 13 nitrogen and oxygen atoms in total. The number of H-pyrrole nitrogens is 2. The average molecular weight is 421 g/mol. The summed E-state index contributed by atoms with van der Waals surface area (Å²) in [5.74, 6) is -0.297. The molecule has 13 heteroatoms. The highest BCUT2D eigenvalue weighted by atomic mass is 16.5. The van der Waals surface area contributed by atoms with Crippen molar-refractivity contribution < 1.29 is 19.0 Å². The molecule has 0 aliphatic carbocycles. The van der Waals surface area contributed by atoms with Crippen LogP contribution in [-0.2, 0) is 14.2 Å². The van der Waals surface area contributed by atoms with E-state index < -0.39 is 11.4 Å². The summed E-state index contributed by atoms with van der Waals surface area (Å²) < 4.78 is 16.8. The molecule has 0 saturated carbocycles. The summed E-state index contributed by atoms with van der Waals surface area (Å²) >= 11 is 0. The van der Waals surface area contributed by atoms with Crippen molar-refractivity contribution in [2.75, 3.05) is 52.7 Å². The Balaban J connectivity index is 1.56. The molecule has 30 heavy (non-hydrogen) atoms. The quantitative estimate of drug-likeness (QED) is 0.167. The molecule has 0 aliphatic rings. The van der Waals surface area contributed by atoms with Gasteiger partial charge in [0.25, 0.3) is 5.91 Å². The summed E-state index contributed by atoms with van der Waals surface area (Å²) in [5.41, 5.74) is 7.66. The molecule has 0 unspecified atom stereocenters. The number of nitrogens with one attached hydrogen (secondary N) is 3. The van der Waals surface area contributed by atoms with Crippen molar-refractivity contribution in [2.45, 2.75) is 0 Å². The monoisotopic (exact) mass is 421 g/mol. The fourth-order valence-electron chi connectivity index (χ4n) is 2.34. The van der Waals surface area contributed by atoms with Crippen molar-refractivity contribution in [3.05, 3.63) is 61.2 Å². The van der Waals surface area contributed by atoms with E-state index in [1.54, 1.807) is 0 Å². The summed E-state index contributed by atoms with van der Waals surface area (Å²) in [5, 5.41) is 10.4. The largest absolute Gasteiger partial charge is 0.379 e. The predicted molar refractivity (Wildman–Crippen MR) is 106 cm³/mol. The van der Waals surface area contributed by atoms with Gasteiger partial charge in [0.15, 0.2) is 0 Å². The highest BCUT2D eigenvalue weighted by molar-refractivity contribution is 5.94. The number of azide groups is 1. The second-order valence-electron chi connectivity index (χ2n) is 5.79. The zero-order valence-electron chi connectivity index (χ0n) is 16.2. The van der Waals surface area contributed by atoms with E-state index in [1.807, 2.05) is 0 Å². The number of nitrogens with zero attached hydrogens (tertiary/aromatic N) is 4. The van der Waals surface area contributed by atoms with Crippen molar-refractivity contribution >= 4 is 5.91 Å². The number of hydrogen-bond donors (Lipinski definition) is 3. The maximum Gasteiger partial charge on any atom is 0.348 e. The first-order valence-electron chi connectivity index (χ1n) is 9.16. The zero-order chi connectivity index (χ0) is 21.6. The number of rotatable bonds is 14. The molecular formula is C17H23N7O6. The molecule has 3 N–H and O–H groups in total. The molecule has 0 atom stereocenters. The van der Waals surface area contributed by atoms with Crippen LogP contribution in [0.25, 0.3) is 16.1 Å². The molecule has 0 fully saturated rings. The van der Waals surface area contributed by atoms with Crippen molar-refractivity contribution in [3.63, 3.8) is 0 Å². The number of aromatic nitrogens is 3. The van der Waals surface area contributed by atoms with Crippen LogP contribution in [0.5, 0.6) is 0 Å². The first kappa shape index (κ1) is 22.9. The molecule has 162 valence electrons. The number of amides is 1. The molecule has 0 spiro atoms. The highest BCUT2D eigenvalue weighted by Crippen LogP contribution is 2.06. The lowest BCUT2D eigenvalue weighted by atomic mass is 10.2. The van der Waals surface area contributed by atoms with E-state index >= 15 is 0 Å². The van der Waals surface area contributed by atoms with Gasteiger partial charge in [0, 0.05) is 23.6 Å². The minimum absolute atomic E-state index is 0.294. The lowest BCUT2D eigenvalue weighted by molar-refractivity contribution is 0.0166. The van der Waals surface area contributed by atoms with Gasteiger partial charge >= 0.3 is 11.4 Å². The maximum absolute atomic E-state index is 12.1. The summed E-state index contributed by atoms with van der Waals surface area (Å²) in [7, 11) is 0. The van der Waals surface area contributed by atoms with Crippen LogP contribution in [0.3, 0.4) is 0 Å². The van der Waals surface area contributed by atoms with Gasteiger partial charge in [-0.25, -0.2) is 24.4 Å². The van der Waals surface area contributed by atoms with Crippen LogP contribution in [0.4, 0.5) is 0 Å². The third-order valence-corrected chi connectivity index (χ3v) is 3.75. The smallest absolute Gasteiger partial charge is 0.348 e. The lowest BCUT2D eigenvalue weighted by Gasteiger charge is -2.08. The van der Waals surface area contributed by atoms with E-state index in [0.29, 0.717) is 64.0 Å². The molecule has 0 radical (unpaired) electrons. The second-order valence-corrected chi connectivity index (χ2v) is 5.79. The van der Waals surface area contributed by atoms with Crippen LogP contribution in [-0.4, -0.2) is 73.4 Å². The second kappa shape index (κ2) is 13.0. The van der Waals surface area contributed by atoms with Crippen LogP contribution in [0.1, 0.15) is 10.4 Å². The van der Waals surface area contributed by atoms with Crippen molar-refractivity contribution in [1.82, 2.24) is 20.1 Å². The van der Waals surface area contributed by atoms with Crippen LogP contribution in [0.15, 0.2) is 39.0 Å². The Morgan fingerprint density at radius 3 is 2.13 bits per heavy atom. The Morgan fingerprint density at radius 1 is 0.967 bits per heavy atom. The fraction of sp³-hybridized carbons (Fsp3) is 0.471. The van der Waals surface area contributed by atoms with E-state index in [0.717, 1.165) is 4.57 Å². The molecule has 0 saturated heterocycles. The first-order chi connectivity index (χ1) is 14.6. The summed E-state index contributed by atoms with van der Waals surface area (Å²) in [6.45, 7) is 2.88. The summed E-state index contributed by atoms with van der Waals surface area (Å²) in [4.78, 5) is 37.8. The van der Waals surface area contributed by atoms with Gasteiger partial charge in [-0.05, 0) is 29.8 Å². The van der Waals surface area contributed by atoms with Gasteiger partial charge in [-0.3, -0.25) is 4.79 Å². The Bertz CT molecular complexity index is 915. The Labute approximate surface area is 170 Å². The van der Waals surface area contributed by atoms with Crippen LogP contribution in [0.2, 0.25) is 0 Å². The number of aromatic amines is 2. The van der Waals surface area contributed by atoms with Gasteiger partial charge in [-0.15, -0.1) is 0 Å². The predicted octanol–water partition coefficient (Wildman–Crippen LogP) is -0.0562. The van der Waals surface area contributed by atoms with E-state index in [4.69, 9.17) is 19.7 Å². The SMILES string of the molecule is [N-]=[N+]=NCCOCCOCCOCCNC(=O)c1ccc(-n2c(=O)[nH][nH]c2=O)cc1.